The van der Waals surface area contributed by atoms with E-state index in [1.54, 1.807) is 47.4 Å². The van der Waals surface area contributed by atoms with Gasteiger partial charge in [0, 0.05) is 42.8 Å². The van der Waals surface area contributed by atoms with Crippen molar-refractivity contribution in [2.24, 2.45) is 4.99 Å². The van der Waals surface area contributed by atoms with Gasteiger partial charge in [0.05, 0.1) is 15.6 Å². The lowest BCUT2D eigenvalue weighted by molar-refractivity contribution is -0.384. The number of carbonyl (C=O) groups excluding carboxylic acids is 1. The summed E-state index contributed by atoms with van der Waals surface area (Å²) in [5, 5.41) is 11.3. The lowest BCUT2D eigenvalue weighted by Crippen LogP contribution is -2.50. The van der Waals surface area contributed by atoms with Gasteiger partial charge in [0.25, 0.3) is 11.6 Å². The van der Waals surface area contributed by atoms with Crippen molar-refractivity contribution in [2.75, 3.05) is 12.3 Å². The fraction of sp³-hybridized carbons (Fsp3) is 0.188. The lowest BCUT2D eigenvalue weighted by atomic mass is 9.81. The fourth-order valence-electron chi connectivity index (χ4n) is 5.57. The molecule has 2 atom stereocenters. The van der Waals surface area contributed by atoms with Crippen LogP contribution in [-0.2, 0) is 32.3 Å². The number of hydrogen-bond acceptors (Lipinski definition) is 7. The van der Waals surface area contributed by atoms with Gasteiger partial charge in [0.2, 0.25) is 5.90 Å². The number of ether oxygens (including phenoxy) is 1. The Morgan fingerprint density at radius 1 is 0.905 bits per heavy atom. The van der Waals surface area contributed by atoms with Crippen molar-refractivity contribution in [1.29, 1.82) is 0 Å². The minimum absolute atomic E-state index is 0.0463. The standard InChI is InChI=1S/C32H27N3O6S/c36-31-32(21-23-15-17-26(18-16-23)35(37)38)29(41-30(33-32)24-9-3-1-4-10-24)28-14-8-7-11-25(28)22-34(31)19-20-42(39,40)27-12-5-2-6-13-27/h1-18,29H,19-22H2/t29-,32-/m0/s1. The van der Waals surface area contributed by atoms with Crippen molar-refractivity contribution in [1.82, 2.24) is 4.90 Å². The molecule has 0 bridgehead atoms. The number of benzene rings is 4. The average Bonchev–Trinajstić information content (AvgIpc) is 3.36. The summed E-state index contributed by atoms with van der Waals surface area (Å²) in [7, 11) is -3.66. The molecule has 0 radical (unpaired) electrons. The number of sulfone groups is 1. The van der Waals surface area contributed by atoms with Crippen molar-refractivity contribution < 1.29 is 22.9 Å². The molecular formula is C32H27N3O6S. The number of non-ortho nitro benzene ring substituents is 1. The molecule has 0 saturated carbocycles. The molecule has 0 spiro atoms. The summed E-state index contributed by atoms with van der Waals surface area (Å²) >= 11 is 0. The van der Waals surface area contributed by atoms with Crippen molar-refractivity contribution in [3.8, 4) is 0 Å². The van der Waals surface area contributed by atoms with E-state index in [2.05, 4.69) is 0 Å². The molecule has 2 aliphatic rings. The zero-order chi connectivity index (χ0) is 29.3. The first kappa shape index (κ1) is 27.3. The van der Waals surface area contributed by atoms with Crippen LogP contribution in [0.15, 0.2) is 119 Å². The first-order valence-electron chi connectivity index (χ1n) is 13.5. The molecule has 0 fully saturated rings. The predicted molar refractivity (Wildman–Crippen MR) is 157 cm³/mol. The number of fused-ring (bicyclic) bond motifs is 3. The molecule has 9 nitrogen and oxygen atoms in total. The molecule has 1 amide bonds. The number of nitrogens with zero attached hydrogens (tertiary/aromatic N) is 3. The van der Waals surface area contributed by atoms with Crippen LogP contribution < -0.4 is 0 Å². The molecule has 4 aromatic carbocycles. The Kier molecular flexibility index (Phi) is 7.07. The largest absolute Gasteiger partial charge is 0.466 e. The molecule has 2 heterocycles. The van der Waals surface area contributed by atoms with E-state index in [4.69, 9.17) is 9.73 Å². The van der Waals surface area contributed by atoms with Crippen LogP contribution in [-0.4, -0.2) is 47.9 Å². The number of hydrogen-bond donors (Lipinski definition) is 0. The minimum Gasteiger partial charge on any atom is -0.466 e. The van der Waals surface area contributed by atoms with Gasteiger partial charge in [-0.3, -0.25) is 14.9 Å². The van der Waals surface area contributed by atoms with Crippen LogP contribution in [0.3, 0.4) is 0 Å². The number of amides is 1. The molecule has 2 aliphatic heterocycles. The average molecular weight is 582 g/mol. The van der Waals surface area contributed by atoms with E-state index in [0.29, 0.717) is 17.0 Å². The van der Waals surface area contributed by atoms with Crippen molar-refractivity contribution >= 4 is 27.3 Å². The molecule has 10 heteroatoms. The van der Waals surface area contributed by atoms with E-state index in [9.17, 15) is 23.3 Å². The van der Waals surface area contributed by atoms with Crippen LogP contribution in [0, 0.1) is 10.1 Å². The van der Waals surface area contributed by atoms with E-state index < -0.39 is 26.4 Å². The van der Waals surface area contributed by atoms with Gasteiger partial charge in [-0.15, -0.1) is 0 Å². The highest BCUT2D eigenvalue weighted by molar-refractivity contribution is 7.91. The van der Waals surface area contributed by atoms with Crippen molar-refractivity contribution in [2.45, 2.75) is 29.5 Å². The van der Waals surface area contributed by atoms with Gasteiger partial charge in [-0.1, -0.05) is 72.8 Å². The SMILES string of the molecule is O=C1N(CCS(=O)(=O)c2ccccc2)Cc2ccccc2[C@@H]2OC(c3ccccc3)=N[C@]12Cc1ccc([N+](=O)[O-])cc1. The van der Waals surface area contributed by atoms with E-state index in [1.165, 1.54) is 12.1 Å². The molecule has 0 saturated heterocycles. The highest BCUT2D eigenvalue weighted by atomic mass is 32.2. The van der Waals surface area contributed by atoms with E-state index in [-0.39, 0.29) is 41.8 Å². The summed E-state index contributed by atoms with van der Waals surface area (Å²) in [6.07, 6.45) is -0.691. The van der Waals surface area contributed by atoms with Crippen LogP contribution in [0.1, 0.15) is 28.4 Å². The molecule has 0 aliphatic carbocycles. The summed E-state index contributed by atoms with van der Waals surface area (Å²) < 4.78 is 32.9. The third-order valence-electron chi connectivity index (χ3n) is 7.69. The predicted octanol–water partition coefficient (Wildman–Crippen LogP) is 4.91. The molecule has 4 aromatic rings. The monoisotopic (exact) mass is 581 g/mol. The van der Waals surface area contributed by atoms with E-state index in [1.807, 2.05) is 54.6 Å². The van der Waals surface area contributed by atoms with Gasteiger partial charge in [0.15, 0.2) is 21.5 Å². The summed E-state index contributed by atoms with van der Waals surface area (Å²) in [5.41, 5.74) is 1.46. The Hall–Kier alpha value is -4.83. The zero-order valence-electron chi connectivity index (χ0n) is 22.5. The fourth-order valence-corrected chi connectivity index (χ4v) is 6.83. The molecule has 42 heavy (non-hydrogen) atoms. The van der Waals surface area contributed by atoms with Crippen molar-refractivity contribution in [3.63, 3.8) is 0 Å². The Labute approximate surface area is 243 Å². The van der Waals surface area contributed by atoms with E-state index in [0.717, 1.165) is 11.1 Å². The second kappa shape index (κ2) is 10.9. The maximum absolute atomic E-state index is 14.7. The van der Waals surface area contributed by atoms with Gasteiger partial charge in [-0.25, -0.2) is 13.4 Å². The number of aliphatic imine (C=N–C) groups is 1. The number of nitro groups is 1. The third-order valence-corrected chi connectivity index (χ3v) is 9.40. The maximum atomic E-state index is 14.7. The highest BCUT2D eigenvalue weighted by Gasteiger charge is 2.56. The normalized spacial score (nSPS) is 19.7. The second-order valence-corrected chi connectivity index (χ2v) is 12.5. The van der Waals surface area contributed by atoms with Gasteiger partial charge >= 0.3 is 0 Å². The molecule has 0 N–H and O–H groups in total. The zero-order valence-corrected chi connectivity index (χ0v) is 23.3. The smallest absolute Gasteiger partial charge is 0.269 e. The van der Waals surface area contributed by atoms with Crippen molar-refractivity contribution in [3.05, 3.63) is 142 Å². The van der Waals surface area contributed by atoms with E-state index >= 15 is 0 Å². The third kappa shape index (κ3) is 5.05. The quantitative estimate of drug-likeness (QED) is 0.215. The second-order valence-electron chi connectivity index (χ2n) is 10.4. The maximum Gasteiger partial charge on any atom is 0.269 e. The number of carbonyl (C=O) groups is 1. The highest BCUT2D eigenvalue weighted by Crippen LogP contribution is 2.46. The topological polar surface area (TPSA) is 119 Å². The molecule has 6 rings (SSSR count). The number of rotatable bonds is 8. The van der Waals surface area contributed by atoms with Gasteiger partial charge in [-0.05, 0) is 35.4 Å². The van der Waals surface area contributed by atoms with Crippen LogP contribution in [0.2, 0.25) is 0 Å². The Morgan fingerprint density at radius 3 is 2.24 bits per heavy atom. The number of nitro benzene ring substituents is 1. The van der Waals surface area contributed by atoms with Crippen LogP contribution in [0.4, 0.5) is 5.69 Å². The van der Waals surface area contributed by atoms with Gasteiger partial charge in [-0.2, -0.15) is 0 Å². The van der Waals surface area contributed by atoms with Crippen LogP contribution >= 0.6 is 0 Å². The molecule has 0 unspecified atom stereocenters. The molecule has 0 aromatic heterocycles. The first-order valence-corrected chi connectivity index (χ1v) is 15.1. The minimum atomic E-state index is -3.66. The summed E-state index contributed by atoms with van der Waals surface area (Å²) in [6.45, 7) is 0.146. The molecular weight excluding hydrogens is 554 g/mol. The Bertz CT molecular complexity index is 1780. The van der Waals surface area contributed by atoms with Gasteiger partial charge < -0.3 is 9.64 Å². The summed E-state index contributed by atoms with van der Waals surface area (Å²) in [5.74, 6) is -0.320. The Balaban J connectivity index is 1.45. The lowest BCUT2D eigenvalue weighted by Gasteiger charge is -2.32. The first-order chi connectivity index (χ1) is 20.3. The van der Waals surface area contributed by atoms with Crippen LogP contribution in [0.25, 0.3) is 0 Å². The Morgan fingerprint density at radius 2 is 1.55 bits per heavy atom. The molecule has 212 valence electrons. The summed E-state index contributed by atoms with van der Waals surface area (Å²) in [4.78, 5) is 32.2. The van der Waals surface area contributed by atoms with Gasteiger partial charge in [0.1, 0.15) is 0 Å². The van der Waals surface area contributed by atoms with Crippen LogP contribution in [0.5, 0.6) is 0 Å². The summed E-state index contributed by atoms with van der Waals surface area (Å²) in [6, 6.07) is 31.1.